The molecule has 0 radical (unpaired) electrons. The van der Waals surface area contributed by atoms with E-state index in [0.717, 1.165) is 40.6 Å². The highest BCUT2D eigenvalue weighted by molar-refractivity contribution is 14.1. The van der Waals surface area contributed by atoms with Crippen molar-refractivity contribution in [1.29, 1.82) is 0 Å². The van der Waals surface area contributed by atoms with Crippen molar-refractivity contribution in [3.05, 3.63) is 21.8 Å². The van der Waals surface area contributed by atoms with Crippen molar-refractivity contribution in [2.75, 3.05) is 17.6 Å². The molecule has 1 aliphatic carbocycles. The molecule has 0 atom stereocenters. The molecule has 4 heteroatoms. The Morgan fingerprint density at radius 1 is 1.38 bits per heavy atom. The van der Waals surface area contributed by atoms with Gasteiger partial charge in [0, 0.05) is 10.1 Å². The quantitative estimate of drug-likeness (QED) is 0.589. The SMILES string of the molecule is Nc1cc(I)ccc1NCC1(O)CCCC1. The number of nitrogen functional groups attached to an aromatic ring is 1. The average molecular weight is 332 g/mol. The summed E-state index contributed by atoms with van der Waals surface area (Å²) in [6, 6.07) is 5.91. The van der Waals surface area contributed by atoms with E-state index >= 15 is 0 Å². The zero-order valence-corrected chi connectivity index (χ0v) is 11.3. The van der Waals surface area contributed by atoms with Gasteiger partial charge >= 0.3 is 0 Å². The molecule has 1 saturated carbocycles. The second kappa shape index (κ2) is 4.79. The summed E-state index contributed by atoms with van der Waals surface area (Å²) in [5.74, 6) is 0. The molecule has 16 heavy (non-hydrogen) atoms. The van der Waals surface area contributed by atoms with Crippen LogP contribution in [-0.2, 0) is 0 Å². The number of benzene rings is 1. The van der Waals surface area contributed by atoms with Gasteiger partial charge in [-0.1, -0.05) is 12.8 Å². The zero-order valence-electron chi connectivity index (χ0n) is 9.17. The summed E-state index contributed by atoms with van der Waals surface area (Å²) in [6.45, 7) is 0.595. The van der Waals surface area contributed by atoms with Crippen molar-refractivity contribution < 1.29 is 5.11 Å². The molecule has 1 aliphatic rings. The number of anilines is 2. The Morgan fingerprint density at radius 2 is 2.06 bits per heavy atom. The first-order valence-electron chi connectivity index (χ1n) is 5.60. The van der Waals surface area contributed by atoms with E-state index < -0.39 is 5.60 Å². The Balaban J connectivity index is 1.99. The molecule has 0 amide bonds. The lowest BCUT2D eigenvalue weighted by molar-refractivity contribution is 0.0615. The summed E-state index contributed by atoms with van der Waals surface area (Å²) < 4.78 is 1.13. The zero-order chi connectivity index (χ0) is 11.6. The number of nitrogens with two attached hydrogens (primary N) is 1. The third-order valence-electron chi connectivity index (χ3n) is 3.16. The Hall–Kier alpha value is -0.490. The molecule has 0 unspecified atom stereocenters. The first-order chi connectivity index (χ1) is 7.59. The maximum Gasteiger partial charge on any atom is 0.0819 e. The highest BCUT2D eigenvalue weighted by Gasteiger charge is 2.30. The number of hydrogen-bond acceptors (Lipinski definition) is 3. The van der Waals surface area contributed by atoms with E-state index in [1.165, 1.54) is 0 Å². The van der Waals surface area contributed by atoms with Gasteiger partial charge in [0.15, 0.2) is 0 Å². The van der Waals surface area contributed by atoms with Crippen LogP contribution in [0.15, 0.2) is 18.2 Å². The maximum absolute atomic E-state index is 10.2. The Bertz CT molecular complexity index is 375. The summed E-state index contributed by atoms with van der Waals surface area (Å²) in [4.78, 5) is 0. The van der Waals surface area contributed by atoms with Gasteiger partial charge in [-0.05, 0) is 53.6 Å². The minimum absolute atomic E-state index is 0.532. The van der Waals surface area contributed by atoms with Crippen LogP contribution in [-0.4, -0.2) is 17.3 Å². The average Bonchev–Trinajstić information content (AvgIpc) is 2.64. The van der Waals surface area contributed by atoms with Crippen LogP contribution < -0.4 is 11.1 Å². The van der Waals surface area contributed by atoms with E-state index in [4.69, 9.17) is 5.73 Å². The first kappa shape index (κ1) is 12.0. The molecular formula is C12H17IN2O. The van der Waals surface area contributed by atoms with Gasteiger partial charge in [0.2, 0.25) is 0 Å². The van der Waals surface area contributed by atoms with E-state index in [1.54, 1.807) is 0 Å². The molecule has 4 N–H and O–H groups in total. The minimum atomic E-state index is -0.532. The predicted molar refractivity (Wildman–Crippen MR) is 75.5 cm³/mol. The molecule has 0 aromatic heterocycles. The summed E-state index contributed by atoms with van der Waals surface area (Å²) >= 11 is 2.23. The van der Waals surface area contributed by atoms with Crippen molar-refractivity contribution in [1.82, 2.24) is 0 Å². The van der Waals surface area contributed by atoms with Crippen LogP contribution in [0.25, 0.3) is 0 Å². The number of rotatable bonds is 3. The summed E-state index contributed by atoms with van der Waals surface area (Å²) in [7, 11) is 0. The Morgan fingerprint density at radius 3 is 2.69 bits per heavy atom. The second-order valence-electron chi connectivity index (χ2n) is 4.52. The minimum Gasteiger partial charge on any atom is -0.397 e. The van der Waals surface area contributed by atoms with Crippen LogP contribution in [0.1, 0.15) is 25.7 Å². The van der Waals surface area contributed by atoms with Gasteiger partial charge in [-0.3, -0.25) is 0 Å². The maximum atomic E-state index is 10.2. The van der Waals surface area contributed by atoms with E-state index in [2.05, 4.69) is 27.9 Å². The molecule has 0 aliphatic heterocycles. The van der Waals surface area contributed by atoms with Crippen molar-refractivity contribution in [2.45, 2.75) is 31.3 Å². The molecule has 0 bridgehead atoms. The molecule has 88 valence electrons. The van der Waals surface area contributed by atoms with E-state index in [1.807, 2.05) is 18.2 Å². The van der Waals surface area contributed by atoms with Crippen molar-refractivity contribution in [3.63, 3.8) is 0 Å². The summed E-state index contributed by atoms with van der Waals surface area (Å²) in [5.41, 5.74) is 7.03. The van der Waals surface area contributed by atoms with Gasteiger partial charge in [0.1, 0.15) is 0 Å². The van der Waals surface area contributed by atoms with Gasteiger partial charge in [0.25, 0.3) is 0 Å². The fraction of sp³-hybridized carbons (Fsp3) is 0.500. The monoisotopic (exact) mass is 332 g/mol. The summed E-state index contributed by atoms with van der Waals surface area (Å²) in [6.07, 6.45) is 4.04. The molecule has 3 nitrogen and oxygen atoms in total. The smallest absolute Gasteiger partial charge is 0.0819 e. The van der Waals surface area contributed by atoms with Gasteiger partial charge in [-0.15, -0.1) is 0 Å². The lowest BCUT2D eigenvalue weighted by Crippen LogP contribution is -2.33. The number of nitrogens with one attached hydrogen (secondary N) is 1. The van der Waals surface area contributed by atoms with Gasteiger partial charge < -0.3 is 16.2 Å². The normalized spacial score (nSPS) is 18.6. The lowest BCUT2D eigenvalue weighted by Gasteiger charge is -2.23. The molecule has 1 aromatic carbocycles. The molecule has 0 heterocycles. The number of halogens is 1. The van der Waals surface area contributed by atoms with Gasteiger partial charge in [-0.25, -0.2) is 0 Å². The highest BCUT2D eigenvalue weighted by atomic mass is 127. The van der Waals surface area contributed by atoms with Crippen LogP contribution in [0, 0.1) is 3.57 Å². The molecule has 0 saturated heterocycles. The Kier molecular flexibility index (Phi) is 3.59. The fourth-order valence-corrected chi connectivity index (χ4v) is 2.68. The molecule has 2 rings (SSSR count). The topological polar surface area (TPSA) is 58.3 Å². The van der Waals surface area contributed by atoms with Gasteiger partial charge in [0.05, 0.1) is 17.0 Å². The third kappa shape index (κ3) is 2.79. The Labute approximate surface area is 110 Å². The molecule has 1 fully saturated rings. The van der Waals surface area contributed by atoms with E-state index in [-0.39, 0.29) is 0 Å². The van der Waals surface area contributed by atoms with Crippen molar-refractivity contribution in [2.24, 2.45) is 0 Å². The van der Waals surface area contributed by atoms with Crippen LogP contribution >= 0.6 is 22.6 Å². The van der Waals surface area contributed by atoms with Crippen LogP contribution in [0.2, 0.25) is 0 Å². The third-order valence-corrected chi connectivity index (χ3v) is 3.83. The predicted octanol–water partition coefficient (Wildman–Crippen LogP) is 2.59. The number of hydrogen-bond donors (Lipinski definition) is 3. The fourth-order valence-electron chi connectivity index (χ4n) is 2.16. The largest absolute Gasteiger partial charge is 0.397 e. The molecule has 1 aromatic rings. The lowest BCUT2D eigenvalue weighted by atomic mass is 10.0. The van der Waals surface area contributed by atoms with Crippen molar-refractivity contribution in [3.8, 4) is 0 Å². The molecular weight excluding hydrogens is 315 g/mol. The standard InChI is InChI=1S/C12H17IN2O/c13-9-3-4-11(10(14)7-9)15-8-12(16)5-1-2-6-12/h3-4,7,15-16H,1-2,5-6,8,14H2. The second-order valence-corrected chi connectivity index (χ2v) is 5.76. The van der Waals surface area contributed by atoms with E-state index in [0.29, 0.717) is 6.54 Å². The summed E-state index contributed by atoms with van der Waals surface area (Å²) in [5, 5.41) is 13.4. The van der Waals surface area contributed by atoms with Crippen LogP contribution in [0.5, 0.6) is 0 Å². The molecule has 0 spiro atoms. The van der Waals surface area contributed by atoms with E-state index in [9.17, 15) is 5.11 Å². The highest BCUT2D eigenvalue weighted by Crippen LogP contribution is 2.30. The van der Waals surface area contributed by atoms with Crippen LogP contribution in [0.4, 0.5) is 11.4 Å². The first-order valence-corrected chi connectivity index (χ1v) is 6.68. The van der Waals surface area contributed by atoms with Crippen molar-refractivity contribution >= 4 is 34.0 Å². The van der Waals surface area contributed by atoms with Gasteiger partial charge in [-0.2, -0.15) is 0 Å². The number of aliphatic hydroxyl groups is 1. The van der Waals surface area contributed by atoms with Crippen LogP contribution in [0.3, 0.4) is 0 Å².